The van der Waals surface area contributed by atoms with Crippen LogP contribution in [0.3, 0.4) is 0 Å². The van der Waals surface area contributed by atoms with Crippen molar-refractivity contribution in [2.45, 2.75) is 29.4 Å². The number of rotatable bonds is 4. The minimum absolute atomic E-state index is 0.756. The molecule has 0 saturated carbocycles. The predicted octanol–water partition coefficient (Wildman–Crippen LogP) is 3.36. The van der Waals surface area contributed by atoms with Crippen LogP contribution in [0.1, 0.15) is 18.4 Å². The van der Waals surface area contributed by atoms with Crippen molar-refractivity contribution in [1.29, 1.82) is 0 Å². The zero-order chi connectivity index (χ0) is 10.7. The lowest BCUT2D eigenvalue weighted by Crippen LogP contribution is -2.10. The maximum absolute atomic E-state index is 5.98. The van der Waals surface area contributed by atoms with E-state index in [0.29, 0.717) is 0 Å². The van der Waals surface area contributed by atoms with Crippen molar-refractivity contribution >= 4 is 23.4 Å². The Labute approximate surface area is 101 Å². The highest BCUT2D eigenvalue weighted by Gasteiger charge is 2.21. The molecule has 0 radical (unpaired) electrons. The molecule has 1 heterocycles. The Balaban J connectivity index is 1.91. The van der Waals surface area contributed by atoms with E-state index in [1.54, 1.807) is 0 Å². The zero-order valence-electron chi connectivity index (χ0n) is 8.92. The molecule has 2 rings (SSSR count). The van der Waals surface area contributed by atoms with Gasteiger partial charge in [-0.3, -0.25) is 0 Å². The van der Waals surface area contributed by atoms with Gasteiger partial charge in [0.2, 0.25) is 0 Å². The lowest BCUT2D eigenvalue weighted by Gasteiger charge is -2.06. The molecule has 1 aromatic carbocycles. The van der Waals surface area contributed by atoms with Crippen LogP contribution < -0.4 is 5.32 Å². The summed E-state index contributed by atoms with van der Waals surface area (Å²) < 4.78 is 0. The number of hydrogen-bond donors (Lipinski definition) is 1. The minimum Gasteiger partial charge on any atom is -0.320 e. The van der Waals surface area contributed by atoms with Crippen LogP contribution in [0.4, 0.5) is 0 Å². The van der Waals surface area contributed by atoms with E-state index in [-0.39, 0.29) is 0 Å². The molecule has 1 unspecified atom stereocenters. The third kappa shape index (κ3) is 2.90. The molecule has 0 bridgehead atoms. The minimum atomic E-state index is 0.756. The summed E-state index contributed by atoms with van der Waals surface area (Å²) in [5, 5.41) is 4.81. The van der Waals surface area contributed by atoms with Crippen LogP contribution in [0, 0.1) is 0 Å². The topological polar surface area (TPSA) is 12.0 Å². The van der Waals surface area contributed by atoms with Crippen LogP contribution in [0.2, 0.25) is 5.02 Å². The molecule has 1 nitrogen and oxygen atoms in total. The van der Waals surface area contributed by atoms with E-state index in [1.807, 2.05) is 24.9 Å². The smallest absolute Gasteiger partial charge is 0.0409 e. The van der Waals surface area contributed by atoms with E-state index < -0.39 is 0 Å². The standard InChI is InChI=1S/C12H16ClNS/c1-14-6-2-3-11-8-9-7-10(13)4-5-12(9)15-11/h4-5,7,11,14H,2-3,6,8H2,1H3. The molecule has 0 fully saturated rings. The highest BCUT2D eigenvalue weighted by molar-refractivity contribution is 8.00. The third-order valence-corrected chi connectivity index (χ3v) is 4.34. The van der Waals surface area contributed by atoms with Gasteiger partial charge >= 0.3 is 0 Å². The van der Waals surface area contributed by atoms with Crippen LogP contribution in [-0.4, -0.2) is 18.8 Å². The van der Waals surface area contributed by atoms with Crippen LogP contribution >= 0.6 is 23.4 Å². The third-order valence-electron chi connectivity index (χ3n) is 2.72. The highest BCUT2D eigenvalue weighted by atomic mass is 35.5. The van der Waals surface area contributed by atoms with E-state index >= 15 is 0 Å². The van der Waals surface area contributed by atoms with Crippen LogP contribution in [0.15, 0.2) is 23.1 Å². The molecule has 1 N–H and O–H groups in total. The summed E-state index contributed by atoms with van der Waals surface area (Å²) in [5.74, 6) is 0. The van der Waals surface area contributed by atoms with E-state index in [2.05, 4.69) is 17.4 Å². The van der Waals surface area contributed by atoms with Crippen molar-refractivity contribution in [2.75, 3.05) is 13.6 Å². The molecule has 0 aromatic heterocycles. The van der Waals surface area contributed by atoms with Gasteiger partial charge in [0.15, 0.2) is 0 Å². The monoisotopic (exact) mass is 241 g/mol. The zero-order valence-corrected chi connectivity index (χ0v) is 10.5. The number of thioether (sulfide) groups is 1. The van der Waals surface area contributed by atoms with Crippen molar-refractivity contribution in [3.63, 3.8) is 0 Å². The average Bonchev–Trinajstić information content (AvgIpc) is 2.60. The van der Waals surface area contributed by atoms with Crippen molar-refractivity contribution < 1.29 is 0 Å². The van der Waals surface area contributed by atoms with Crippen LogP contribution in [0.5, 0.6) is 0 Å². The second-order valence-corrected chi connectivity index (χ2v) is 5.72. The van der Waals surface area contributed by atoms with E-state index in [9.17, 15) is 0 Å². The predicted molar refractivity (Wildman–Crippen MR) is 68.0 cm³/mol. The van der Waals surface area contributed by atoms with Gasteiger partial charge in [0.05, 0.1) is 0 Å². The van der Waals surface area contributed by atoms with Gasteiger partial charge in [-0.1, -0.05) is 11.6 Å². The molecule has 15 heavy (non-hydrogen) atoms. The Morgan fingerprint density at radius 2 is 2.40 bits per heavy atom. The summed E-state index contributed by atoms with van der Waals surface area (Å²) in [4.78, 5) is 1.42. The molecule has 0 saturated heterocycles. The molecule has 1 aliphatic rings. The first-order valence-electron chi connectivity index (χ1n) is 5.39. The summed E-state index contributed by atoms with van der Waals surface area (Å²) in [6, 6.07) is 6.26. The number of nitrogens with one attached hydrogen (secondary N) is 1. The van der Waals surface area contributed by atoms with Gasteiger partial charge in [0, 0.05) is 15.2 Å². The van der Waals surface area contributed by atoms with Gasteiger partial charge in [-0.15, -0.1) is 11.8 Å². The molecule has 0 amide bonds. The van der Waals surface area contributed by atoms with E-state index in [0.717, 1.165) is 16.8 Å². The molecule has 1 aromatic rings. The Morgan fingerprint density at radius 1 is 1.53 bits per heavy atom. The first-order chi connectivity index (χ1) is 7.29. The fourth-order valence-corrected chi connectivity index (χ4v) is 3.50. The van der Waals surface area contributed by atoms with E-state index in [1.165, 1.54) is 29.7 Å². The van der Waals surface area contributed by atoms with Crippen molar-refractivity contribution in [1.82, 2.24) is 5.32 Å². The second kappa shape index (κ2) is 5.24. The number of fused-ring (bicyclic) bond motifs is 1. The molecule has 1 aliphatic heterocycles. The Kier molecular flexibility index (Phi) is 3.95. The van der Waals surface area contributed by atoms with Gasteiger partial charge in [-0.2, -0.15) is 0 Å². The van der Waals surface area contributed by atoms with Gasteiger partial charge in [-0.05, 0) is 56.6 Å². The SMILES string of the molecule is CNCCCC1Cc2cc(Cl)ccc2S1. The Bertz CT molecular complexity index is 340. The highest BCUT2D eigenvalue weighted by Crippen LogP contribution is 2.39. The lowest BCUT2D eigenvalue weighted by atomic mass is 10.1. The summed E-state index contributed by atoms with van der Waals surface area (Å²) in [6.45, 7) is 1.12. The number of halogens is 1. The van der Waals surface area contributed by atoms with Gasteiger partial charge in [-0.25, -0.2) is 0 Å². The molecule has 82 valence electrons. The Hall–Kier alpha value is -0.180. The average molecular weight is 242 g/mol. The largest absolute Gasteiger partial charge is 0.320 e. The van der Waals surface area contributed by atoms with Crippen molar-refractivity contribution in [2.24, 2.45) is 0 Å². The summed E-state index contributed by atoms with van der Waals surface area (Å²) >= 11 is 7.99. The van der Waals surface area contributed by atoms with Gasteiger partial charge in [0.25, 0.3) is 0 Å². The van der Waals surface area contributed by atoms with E-state index in [4.69, 9.17) is 11.6 Å². The fraction of sp³-hybridized carbons (Fsp3) is 0.500. The maximum atomic E-state index is 5.98. The number of benzene rings is 1. The maximum Gasteiger partial charge on any atom is 0.0409 e. The molecule has 3 heteroatoms. The first kappa shape index (κ1) is 11.3. The summed E-state index contributed by atoms with van der Waals surface area (Å²) in [7, 11) is 2.01. The van der Waals surface area contributed by atoms with Gasteiger partial charge in [0.1, 0.15) is 0 Å². The Morgan fingerprint density at radius 3 is 3.20 bits per heavy atom. The molecule has 1 atom stereocenters. The fourth-order valence-electron chi connectivity index (χ4n) is 1.96. The van der Waals surface area contributed by atoms with Crippen molar-refractivity contribution in [3.05, 3.63) is 28.8 Å². The number of hydrogen-bond acceptors (Lipinski definition) is 2. The normalized spacial score (nSPS) is 19.2. The summed E-state index contributed by atoms with van der Waals surface area (Å²) in [5.41, 5.74) is 1.43. The van der Waals surface area contributed by atoms with Crippen molar-refractivity contribution in [3.8, 4) is 0 Å². The van der Waals surface area contributed by atoms with Crippen LogP contribution in [-0.2, 0) is 6.42 Å². The summed E-state index contributed by atoms with van der Waals surface area (Å²) in [6.07, 6.45) is 3.73. The second-order valence-electron chi connectivity index (χ2n) is 3.94. The van der Waals surface area contributed by atoms with Gasteiger partial charge < -0.3 is 5.32 Å². The molecule has 0 aliphatic carbocycles. The first-order valence-corrected chi connectivity index (χ1v) is 6.65. The molecular formula is C12H16ClNS. The lowest BCUT2D eigenvalue weighted by molar-refractivity contribution is 0.657. The quantitative estimate of drug-likeness (QED) is 0.812. The molecule has 0 spiro atoms. The molecular weight excluding hydrogens is 226 g/mol. The van der Waals surface area contributed by atoms with Crippen LogP contribution in [0.25, 0.3) is 0 Å².